The van der Waals surface area contributed by atoms with Gasteiger partial charge in [-0.1, -0.05) is 61.5 Å². The number of halogens is 3. The molecule has 1 aliphatic carbocycles. The van der Waals surface area contributed by atoms with Crippen molar-refractivity contribution in [3.63, 3.8) is 0 Å². The van der Waals surface area contributed by atoms with E-state index in [0.717, 1.165) is 44.8 Å². The van der Waals surface area contributed by atoms with Gasteiger partial charge in [-0.15, -0.1) is 0 Å². The van der Waals surface area contributed by atoms with Crippen LogP contribution in [0.1, 0.15) is 47.6 Å². The van der Waals surface area contributed by atoms with Gasteiger partial charge in [0.1, 0.15) is 0 Å². The first-order valence-corrected chi connectivity index (χ1v) is 12.1. The molecule has 0 saturated carbocycles. The monoisotopic (exact) mass is 454 g/mol. The molecule has 2 unspecified atom stereocenters. The zero-order valence-corrected chi connectivity index (χ0v) is 18.2. The number of hydrogen-bond acceptors (Lipinski definition) is 2. The summed E-state index contributed by atoms with van der Waals surface area (Å²) in [5.41, 5.74) is 0.732. The van der Waals surface area contributed by atoms with Crippen LogP contribution < -0.4 is 0 Å². The van der Waals surface area contributed by atoms with E-state index in [2.05, 4.69) is 6.92 Å². The number of rotatable bonds is 2. The molecule has 0 radical (unpaired) electrons. The van der Waals surface area contributed by atoms with Gasteiger partial charge in [-0.3, -0.25) is 0 Å². The molecule has 0 N–H and O–H groups in total. The van der Waals surface area contributed by atoms with E-state index in [1.165, 1.54) is 12.1 Å². The Morgan fingerprint density at radius 3 is 2.34 bits per heavy atom. The largest absolute Gasteiger partial charge is 0.416 e. The third-order valence-electron chi connectivity index (χ3n) is 6.58. The van der Waals surface area contributed by atoms with Crippen molar-refractivity contribution in [1.82, 2.24) is 0 Å². The lowest BCUT2D eigenvalue weighted by Gasteiger charge is -2.31. The zero-order valence-electron chi connectivity index (χ0n) is 17.4. The van der Waals surface area contributed by atoms with E-state index in [0.29, 0.717) is 12.8 Å². The van der Waals surface area contributed by atoms with E-state index in [4.69, 9.17) is 0 Å². The van der Waals surface area contributed by atoms with Gasteiger partial charge in [0.05, 0.1) is 15.7 Å². The van der Waals surface area contributed by atoms with E-state index >= 15 is 0 Å². The summed E-state index contributed by atoms with van der Waals surface area (Å²) in [5, 5.41) is 3.01. The van der Waals surface area contributed by atoms with Crippen LogP contribution in [0.25, 0.3) is 21.5 Å². The molecule has 164 valence electrons. The predicted octanol–water partition coefficient (Wildman–Crippen LogP) is 7.42. The van der Waals surface area contributed by atoms with Crippen LogP contribution in [0.4, 0.5) is 13.2 Å². The van der Waals surface area contributed by atoms with Crippen molar-refractivity contribution >= 4 is 31.4 Å². The maximum absolute atomic E-state index is 13.7. The van der Waals surface area contributed by atoms with E-state index in [1.807, 2.05) is 48.5 Å². The van der Waals surface area contributed by atoms with Crippen LogP contribution in [0.2, 0.25) is 0 Å². The normalized spacial score (nSPS) is 19.2. The van der Waals surface area contributed by atoms with Crippen molar-refractivity contribution in [2.75, 3.05) is 0 Å². The molecule has 4 aromatic carbocycles. The standard InChI is InChI=1S/C26H21F3O2S/c1-16-9-14-24(32(30,31)19-7-4-6-18(15-19)26(27,28)29)25-20(16)12-13-22-21-8-3-2-5-17(21)10-11-23(22)25/h2-8,10-13,15-16,24H,9,14H2,1H3. The van der Waals surface area contributed by atoms with Crippen molar-refractivity contribution in [1.29, 1.82) is 0 Å². The van der Waals surface area contributed by atoms with Gasteiger partial charge in [-0.2, -0.15) is 13.2 Å². The van der Waals surface area contributed by atoms with Crippen LogP contribution in [0.15, 0.2) is 77.7 Å². The van der Waals surface area contributed by atoms with E-state index < -0.39 is 26.8 Å². The Balaban J connectivity index is 1.75. The molecule has 0 aromatic heterocycles. The molecule has 0 heterocycles. The quantitative estimate of drug-likeness (QED) is 0.295. The molecule has 5 rings (SSSR count). The van der Waals surface area contributed by atoms with Crippen LogP contribution >= 0.6 is 0 Å². The molecule has 0 spiro atoms. The van der Waals surface area contributed by atoms with Crippen molar-refractivity contribution in [2.45, 2.75) is 42.0 Å². The molecule has 2 atom stereocenters. The molecule has 1 aliphatic rings. The van der Waals surface area contributed by atoms with Crippen molar-refractivity contribution < 1.29 is 21.6 Å². The highest BCUT2D eigenvalue weighted by atomic mass is 32.2. The van der Waals surface area contributed by atoms with E-state index in [9.17, 15) is 21.6 Å². The Hall–Kier alpha value is -2.86. The number of benzene rings is 4. The van der Waals surface area contributed by atoms with Crippen molar-refractivity contribution in [2.24, 2.45) is 0 Å². The van der Waals surface area contributed by atoms with Gasteiger partial charge in [0.25, 0.3) is 0 Å². The first-order chi connectivity index (χ1) is 15.2. The third-order valence-corrected chi connectivity index (χ3v) is 8.71. The first-order valence-electron chi connectivity index (χ1n) is 10.5. The lowest BCUT2D eigenvalue weighted by molar-refractivity contribution is -0.137. The number of alkyl halides is 3. The summed E-state index contributed by atoms with van der Waals surface area (Å²) in [6.45, 7) is 2.07. The third kappa shape index (κ3) is 3.28. The van der Waals surface area contributed by atoms with Crippen LogP contribution in [0, 0.1) is 0 Å². The Labute approximate surface area is 184 Å². The highest BCUT2D eigenvalue weighted by Crippen LogP contribution is 2.47. The van der Waals surface area contributed by atoms with Gasteiger partial charge in [0.15, 0.2) is 9.84 Å². The Bertz CT molecular complexity index is 1460. The second-order valence-electron chi connectivity index (χ2n) is 8.49. The summed E-state index contributed by atoms with van der Waals surface area (Å²) in [6.07, 6.45) is -3.57. The molecule has 0 amide bonds. The molecule has 0 fully saturated rings. The smallest absolute Gasteiger partial charge is 0.223 e. The highest BCUT2D eigenvalue weighted by molar-refractivity contribution is 7.91. The van der Waals surface area contributed by atoms with Crippen LogP contribution in [0.5, 0.6) is 0 Å². The summed E-state index contributed by atoms with van der Waals surface area (Å²) in [7, 11) is -4.03. The lowest BCUT2D eigenvalue weighted by atomic mass is 9.80. The Kier molecular flexibility index (Phi) is 4.82. The number of fused-ring (bicyclic) bond motifs is 5. The van der Waals surface area contributed by atoms with Crippen LogP contribution in [-0.2, 0) is 16.0 Å². The lowest BCUT2D eigenvalue weighted by Crippen LogP contribution is -2.21. The average molecular weight is 455 g/mol. The second kappa shape index (κ2) is 7.34. The molecular weight excluding hydrogens is 433 g/mol. The van der Waals surface area contributed by atoms with Crippen LogP contribution in [0.3, 0.4) is 0 Å². The summed E-state index contributed by atoms with van der Waals surface area (Å²) in [5.74, 6) is 0.175. The first kappa shape index (κ1) is 21.0. The van der Waals surface area contributed by atoms with E-state index in [-0.39, 0.29) is 10.8 Å². The molecule has 32 heavy (non-hydrogen) atoms. The summed E-state index contributed by atoms with van der Waals surface area (Å²) >= 11 is 0. The highest BCUT2D eigenvalue weighted by Gasteiger charge is 2.38. The maximum atomic E-state index is 13.7. The van der Waals surface area contributed by atoms with Crippen molar-refractivity contribution in [3.8, 4) is 0 Å². The summed E-state index contributed by atoms with van der Waals surface area (Å²) < 4.78 is 67.1. The molecule has 4 aromatic rings. The number of sulfone groups is 1. The van der Waals surface area contributed by atoms with Gasteiger partial charge < -0.3 is 0 Å². The van der Waals surface area contributed by atoms with Crippen molar-refractivity contribution in [3.05, 3.63) is 89.5 Å². The molecule has 0 aliphatic heterocycles. The molecule has 2 nitrogen and oxygen atoms in total. The number of hydrogen-bond donors (Lipinski definition) is 0. The van der Waals surface area contributed by atoms with Crippen LogP contribution in [-0.4, -0.2) is 8.42 Å². The topological polar surface area (TPSA) is 34.1 Å². The molecular formula is C26H21F3O2S. The molecule has 0 bridgehead atoms. The van der Waals surface area contributed by atoms with Gasteiger partial charge in [0, 0.05) is 0 Å². The minimum Gasteiger partial charge on any atom is -0.223 e. The van der Waals surface area contributed by atoms with E-state index in [1.54, 1.807) is 0 Å². The fraction of sp³-hybridized carbons (Fsp3) is 0.231. The fourth-order valence-corrected chi connectivity index (χ4v) is 6.85. The van der Waals surface area contributed by atoms with Gasteiger partial charge >= 0.3 is 6.18 Å². The second-order valence-corrected chi connectivity index (χ2v) is 10.6. The SMILES string of the molecule is CC1CCC(S(=O)(=O)c2cccc(C(F)(F)F)c2)c2c1ccc1c2ccc2ccccc21. The Morgan fingerprint density at radius 2 is 1.56 bits per heavy atom. The zero-order chi connectivity index (χ0) is 22.7. The minimum absolute atomic E-state index is 0.175. The van der Waals surface area contributed by atoms with Gasteiger partial charge in [-0.25, -0.2) is 8.42 Å². The molecule has 0 saturated heterocycles. The predicted molar refractivity (Wildman–Crippen MR) is 120 cm³/mol. The fourth-order valence-electron chi connectivity index (χ4n) is 4.94. The summed E-state index contributed by atoms with van der Waals surface area (Å²) in [4.78, 5) is -0.282. The minimum atomic E-state index is -4.60. The summed E-state index contributed by atoms with van der Waals surface area (Å²) in [6, 6.07) is 20.0. The maximum Gasteiger partial charge on any atom is 0.416 e. The average Bonchev–Trinajstić information content (AvgIpc) is 2.78. The van der Waals surface area contributed by atoms with Gasteiger partial charge in [-0.05, 0) is 69.6 Å². The van der Waals surface area contributed by atoms with Gasteiger partial charge in [0.2, 0.25) is 0 Å². The molecule has 6 heteroatoms. The Morgan fingerprint density at radius 1 is 0.812 bits per heavy atom.